The van der Waals surface area contributed by atoms with Crippen molar-refractivity contribution in [3.63, 3.8) is 0 Å². The number of likely N-dealkylation sites (N-methyl/N-ethyl adjacent to an activating group) is 1. The number of aromatic nitrogens is 1. The van der Waals surface area contributed by atoms with Gasteiger partial charge < -0.3 is 20.7 Å². The van der Waals surface area contributed by atoms with Gasteiger partial charge in [-0.3, -0.25) is 9.78 Å². The number of pyridine rings is 1. The number of benzene rings is 1. The molecule has 1 aromatic carbocycles. The molecule has 0 fully saturated rings. The zero-order valence-corrected chi connectivity index (χ0v) is 14.3. The highest BCUT2D eigenvalue weighted by atomic mass is 16.5. The zero-order valence-electron chi connectivity index (χ0n) is 14.3. The highest BCUT2D eigenvalue weighted by Gasteiger charge is 2.17. The number of hydrogen-bond acceptors (Lipinski definition) is 4. The van der Waals surface area contributed by atoms with Crippen molar-refractivity contribution in [1.82, 2.24) is 15.6 Å². The SMILES string of the molecule is CC[C@H](NC(=O)Nc1cccnc1)c1ccccc1OCC(=O)NC. The molecule has 0 aliphatic rings. The first kappa shape index (κ1) is 18.3. The predicted octanol–water partition coefficient (Wildman–Crippen LogP) is 2.48. The Labute approximate surface area is 146 Å². The molecule has 0 aliphatic carbocycles. The number of para-hydroxylation sites is 1. The number of nitrogens with zero attached hydrogens (tertiary/aromatic N) is 1. The second kappa shape index (κ2) is 9.27. The van der Waals surface area contributed by atoms with Crippen molar-refractivity contribution in [2.24, 2.45) is 0 Å². The standard InChI is InChI=1S/C18H22N4O3/c1-3-15(22-18(24)21-13-7-6-10-20-11-13)14-8-4-5-9-16(14)25-12-17(23)19-2/h4-11,15H,3,12H2,1-2H3,(H,19,23)(H2,21,22,24)/t15-/m0/s1. The van der Waals surface area contributed by atoms with Gasteiger partial charge in [-0.15, -0.1) is 0 Å². The Morgan fingerprint density at radius 1 is 1.20 bits per heavy atom. The molecule has 0 saturated carbocycles. The van der Waals surface area contributed by atoms with Crippen LogP contribution in [0.25, 0.3) is 0 Å². The van der Waals surface area contributed by atoms with Gasteiger partial charge in [0.1, 0.15) is 5.75 Å². The first-order chi connectivity index (χ1) is 12.1. The molecule has 1 atom stereocenters. The number of carbonyl (C=O) groups is 2. The molecule has 3 amide bonds. The van der Waals surface area contributed by atoms with Crippen LogP contribution in [0.1, 0.15) is 24.9 Å². The van der Waals surface area contributed by atoms with Crippen molar-refractivity contribution in [2.75, 3.05) is 19.0 Å². The highest BCUT2D eigenvalue weighted by Crippen LogP contribution is 2.27. The fraction of sp³-hybridized carbons (Fsp3) is 0.278. The van der Waals surface area contributed by atoms with Crippen LogP contribution in [0.5, 0.6) is 5.75 Å². The van der Waals surface area contributed by atoms with Crippen molar-refractivity contribution in [3.05, 3.63) is 54.4 Å². The molecule has 3 N–H and O–H groups in total. The van der Waals surface area contributed by atoms with Crippen LogP contribution >= 0.6 is 0 Å². The monoisotopic (exact) mass is 342 g/mol. The lowest BCUT2D eigenvalue weighted by Crippen LogP contribution is -2.32. The van der Waals surface area contributed by atoms with E-state index in [-0.39, 0.29) is 24.6 Å². The van der Waals surface area contributed by atoms with E-state index in [1.165, 1.54) is 0 Å². The van der Waals surface area contributed by atoms with Crippen LogP contribution in [0.2, 0.25) is 0 Å². The lowest BCUT2D eigenvalue weighted by molar-refractivity contribution is -0.122. The van der Waals surface area contributed by atoms with E-state index in [1.807, 2.05) is 25.1 Å². The fourth-order valence-electron chi connectivity index (χ4n) is 2.28. The number of urea groups is 1. The Kier molecular flexibility index (Phi) is 6.76. The van der Waals surface area contributed by atoms with Crippen LogP contribution in [-0.2, 0) is 4.79 Å². The van der Waals surface area contributed by atoms with Gasteiger partial charge in [0.15, 0.2) is 6.61 Å². The summed E-state index contributed by atoms with van der Waals surface area (Å²) < 4.78 is 5.58. The van der Waals surface area contributed by atoms with Crippen LogP contribution < -0.4 is 20.7 Å². The largest absolute Gasteiger partial charge is 0.483 e. The van der Waals surface area contributed by atoms with Crippen LogP contribution in [0.3, 0.4) is 0 Å². The molecule has 2 rings (SSSR count). The maximum Gasteiger partial charge on any atom is 0.319 e. The van der Waals surface area contributed by atoms with Gasteiger partial charge in [0.2, 0.25) is 0 Å². The maximum absolute atomic E-state index is 12.2. The minimum absolute atomic E-state index is 0.0776. The maximum atomic E-state index is 12.2. The minimum atomic E-state index is -0.332. The van der Waals surface area contributed by atoms with E-state index >= 15 is 0 Å². The summed E-state index contributed by atoms with van der Waals surface area (Å²) in [4.78, 5) is 27.6. The van der Waals surface area contributed by atoms with Gasteiger partial charge in [-0.2, -0.15) is 0 Å². The lowest BCUT2D eigenvalue weighted by Gasteiger charge is -2.21. The first-order valence-electron chi connectivity index (χ1n) is 8.04. The van der Waals surface area contributed by atoms with Crippen molar-refractivity contribution < 1.29 is 14.3 Å². The van der Waals surface area contributed by atoms with E-state index in [4.69, 9.17) is 4.74 Å². The third-order valence-corrected chi connectivity index (χ3v) is 3.57. The summed E-state index contributed by atoms with van der Waals surface area (Å²) in [6, 6.07) is 10.3. The number of carbonyl (C=O) groups excluding carboxylic acids is 2. The Morgan fingerprint density at radius 3 is 2.68 bits per heavy atom. The highest BCUT2D eigenvalue weighted by molar-refractivity contribution is 5.89. The average molecular weight is 342 g/mol. The van der Waals surface area contributed by atoms with Crippen molar-refractivity contribution in [2.45, 2.75) is 19.4 Å². The summed E-state index contributed by atoms with van der Waals surface area (Å²) in [6.45, 7) is 1.89. The summed E-state index contributed by atoms with van der Waals surface area (Å²) in [5.74, 6) is 0.352. The van der Waals surface area contributed by atoms with Gasteiger partial charge in [-0.1, -0.05) is 25.1 Å². The quantitative estimate of drug-likeness (QED) is 0.721. The summed E-state index contributed by atoms with van der Waals surface area (Å²) in [6.07, 6.45) is 3.87. The minimum Gasteiger partial charge on any atom is -0.483 e. The molecule has 2 aromatic rings. The van der Waals surface area contributed by atoms with Gasteiger partial charge in [-0.05, 0) is 24.6 Å². The van der Waals surface area contributed by atoms with E-state index in [9.17, 15) is 9.59 Å². The van der Waals surface area contributed by atoms with Gasteiger partial charge in [0.05, 0.1) is 17.9 Å². The number of nitrogens with one attached hydrogen (secondary N) is 3. The molecule has 0 unspecified atom stereocenters. The third-order valence-electron chi connectivity index (χ3n) is 3.57. The average Bonchev–Trinajstić information content (AvgIpc) is 2.65. The summed E-state index contributed by atoms with van der Waals surface area (Å²) in [5, 5.41) is 8.16. The summed E-state index contributed by atoms with van der Waals surface area (Å²) in [5.41, 5.74) is 1.43. The predicted molar refractivity (Wildman–Crippen MR) is 95.4 cm³/mol. The normalized spacial score (nSPS) is 11.3. The molecule has 1 aromatic heterocycles. The molecule has 1 heterocycles. The van der Waals surface area contributed by atoms with E-state index < -0.39 is 0 Å². The number of ether oxygens (including phenoxy) is 1. The topological polar surface area (TPSA) is 92.3 Å². The van der Waals surface area contributed by atoms with Crippen LogP contribution in [-0.4, -0.2) is 30.6 Å². The van der Waals surface area contributed by atoms with Gasteiger partial charge >= 0.3 is 6.03 Å². The Bertz CT molecular complexity index is 706. The Hall–Kier alpha value is -3.09. The molecule has 0 saturated heterocycles. The molecule has 7 heteroatoms. The molecule has 25 heavy (non-hydrogen) atoms. The first-order valence-corrected chi connectivity index (χ1v) is 8.04. The fourth-order valence-corrected chi connectivity index (χ4v) is 2.28. The summed E-state index contributed by atoms with van der Waals surface area (Å²) >= 11 is 0. The smallest absolute Gasteiger partial charge is 0.319 e. The summed E-state index contributed by atoms with van der Waals surface area (Å²) in [7, 11) is 1.55. The zero-order chi connectivity index (χ0) is 18.1. The Morgan fingerprint density at radius 2 is 2.00 bits per heavy atom. The molecule has 7 nitrogen and oxygen atoms in total. The van der Waals surface area contributed by atoms with Crippen LogP contribution in [0.4, 0.5) is 10.5 Å². The molecule has 132 valence electrons. The van der Waals surface area contributed by atoms with E-state index in [1.54, 1.807) is 37.6 Å². The number of rotatable bonds is 7. The molecular formula is C18H22N4O3. The van der Waals surface area contributed by atoms with Crippen LogP contribution in [0.15, 0.2) is 48.8 Å². The van der Waals surface area contributed by atoms with Gasteiger partial charge in [-0.25, -0.2) is 4.79 Å². The second-order valence-electron chi connectivity index (χ2n) is 5.30. The Balaban J connectivity index is 2.06. The van der Waals surface area contributed by atoms with E-state index in [0.29, 0.717) is 17.9 Å². The molecule has 0 bridgehead atoms. The van der Waals surface area contributed by atoms with Crippen molar-refractivity contribution in [1.29, 1.82) is 0 Å². The third kappa shape index (κ3) is 5.49. The number of hydrogen-bond donors (Lipinski definition) is 3. The molecule has 0 radical (unpaired) electrons. The van der Waals surface area contributed by atoms with Gasteiger partial charge in [0, 0.05) is 18.8 Å². The number of anilines is 1. The van der Waals surface area contributed by atoms with Gasteiger partial charge in [0.25, 0.3) is 5.91 Å². The van der Waals surface area contributed by atoms with E-state index in [2.05, 4.69) is 20.9 Å². The second-order valence-corrected chi connectivity index (χ2v) is 5.30. The van der Waals surface area contributed by atoms with E-state index in [0.717, 1.165) is 5.56 Å². The molecule has 0 spiro atoms. The lowest BCUT2D eigenvalue weighted by atomic mass is 10.0. The number of amides is 3. The van der Waals surface area contributed by atoms with Crippen molar-refractivity contribution >= 4 is 17.6 Å². The van der Waals surface area contributed by atoms with Crippen molar-refractivity contribution in [3.8, 4) is 5.75 Å². The van der Waals surface area contributed by atoms with Crippen LogP contribution in [0, 0.1) is 0 Å². The molecular weight excluding hydrogens is 320 g/mol. The molecule has 0 aliphatic heterocycles.